The molecule has 0 fully saturated rings. The average molecular weight is 301 g/mol. The van der Waals surface area contributed by atoms with Crippen LogP contribution in [0.1, 0.15) is 16.1 Å². The molecule has 0 atom stereocenters. The number of halogens is 1. The Kier molecular flexibility index (Phi) is 3.62. The van der Waals surface area contributed by atoms with Crippen LogP contribution in [0.25, 0.3) is 10.8 Å². The Morgan fingerprint density at radius 1 is 1.24 bits per heavy atom. The molecule has 4 nitrogen and oxygen atoms in total. The molecule has 0 aliphatic rings. The molecule has 5 heteroatoms. The Bertz CT molecular complexity index is 784. The molecule has 0 N–H and O–H groups in total. The summed E-state index contributed by atoms with van der Waals surface area (Å²) >= 11 is 6.08. The van der Waals surface area contributed by atoms with Gasteiger partial charge in [0.25, 0.3) is 5.91 Å². The van der Waals surface area contributed by atoms with Crippen LogP contribution in [0.3, 0.4) is 0 Å². The van der Waals surface area contributed by atoms with E-state index in [4.69, 9.17) is 16.0 Å². The van der Waals surface area contributed by atoms with E-state index in [-0.39, 0.29) is 5.91 Å². The zero-order valence-electron chi connectivity index (χ0n) is 11.4. The fraction of sp³-hybridized carbons (Fsp3) is 0.125. The van der Waals surface area contributed by atoms with Gasteiger partial charge in [0.1, 0.15) is 10.9 Å². The van der Waals surface area contributed by atoms with Crippen molar-refractivity contribution < 1.29 is 9.21 Å². The number of hydrogen-bond acceptors (Lipinski definition) is 3. The van der Waals surface area contributed by atoms with Gasteiger partial charge in [0, 0.05) is 18.6 Å². The number of benzene rings is 1. The number of rotatable bonds is 3. The molecular formula is C16H13ClN2O2. The first kappa shape index (κ1) is 13.6. The number of pyridine rings is 1. The van der Waals surface area contributed by atoms with Crippen LogP contribution in [0.4, 0.5) is 0 Å². The van der Waals surface area contributed by atoms with Crippen LogP contribution in [0.2, 0.25) is 5.15 Å². The molecule has 0 spiro atoms. The molecule has 0 aliphatic heterocycles. The van der Waals surface area contributed by atoms with E-state index in [9.17, 15) is 4.79 Å². The first-order valence-electron chi connectivity index (χ1n) is 6.48. The zero-order chi connectivity index (χ0) is 14.8. The smallest absolute Gasteiger partial charge is 0.256 e. The summed E-state index contributed by atoms with van der Waals surface area (Å²) in [6.07, 6.45) is 3.11. The van der Waals surface area contributed by atoms with E-state index in [0.29, 0.717) is 17.3 Å². The largest absolute Gasteiger partial charge is 0.467 e. The van der Waals surface area contributed by atoms with Gasteiger partial charge in [-0.3, -0.25) is 4.79 Å². The van der Waals surface area contributed by atoms with E-state index >= 15 is 0 Å². The number of aromatic nitrogens is 1. The second kappa shape index (κ2) is 5.58. The number of amides is 1. The topological polar surface area (TPSA) is 46.3 Å². The Morgan fingerprint density at radius 2 is 2.00 bits per heavy atom. The summed E-state index contributed by atoms with van der Waals surface area (Å²) in [5.74, 6) is 0.615. The van der Waals surface area contributed by atoms with Gasteiger partial charge in [-0.2, -0.15) is 0 Å². The van der Waals surface area contributed by atoms with Crippen molar-refractivity contribution in [3.63, 3.8) is 0 Å². The molecule has 2 aromatic heterocycles. The highest BCUT2D eigenvalue weighted by Gasteiger charge is 2.17. The van der Waals surface area contributed by atoms with Crippen LogP contribution in [0.5, 0.6) is 0 Å². The van der Waals surface area contributed by atoms with Crippen LogP contribution in [-0.4, -0.2) is 22.8 Å². The summed E-state index contributed by atoms with van der Waals surface area (Å²) in [7, 11) is 1.73. The van der Waals surface area contributed by atoms with Crippen molar-refractivity contribution in [2.45, 2.75) is 6.54 Å². The fourth-order valence-electron chi connectivity index (χ4n) is 2.24. The molecule has 2 heterocycles. The monoisotopic (exact) mass is 300 g/mol. The number of fused-ring (bicyclic) bond motifs is 1. The summed E-state index contributed by atoms with van der Waals surface area (Å²) in [5, 5.41) is 1.97. The first-order valence-corrected chi connectivity index (χ1v) is 6.85. The SMILES string of the molecule is CN(Cc1ccco1)C(=O)c1cnc(Cl)c2ccccc12. The van der Waals surface area contributed by atoms with Crippen LogP contribution >= 0.6 is 11.6 Å². The maximum absolute atomic E-state index is 12.6. The molecule has 0 radical (unpaired) electrons. The molecule has 0 bridgehead atoms. The summed E-state index contributed by atoms with van der Waals surface area (Å²) in [6.45, 7) is 0.406. The van der Waals surface area contributed by atoms with Gasteiger partial charge in [0.05, 0.1) is 18.4 Å². The van der Waals surface area contributed by atoms with E-state index < -0.39 is 0 Å². The Hall–Kier alpha value is -2.33. The normalized spacial score (nSPS) is 10.8. The summed E-state index contributed by atoms with van der Waals surface area (Å²) < 4.78 is 5.27. The van der Waals surface area contributed by atoms with Gasteiger partial charge in [0.15, 0.2) is 0 Å². The lowest BCUT2D eigenvalue weighted by molar-refractivity contribution is 0.0777. The van der Waals surface area contributed by atoms with Gasteiger partial charge in [-0.05, 0) is 17.5 Å². The van der Waals surface area contributed by atoms with Crippen molar-refractivity contribution in [3.8, 4) is 0 Å². The van der Waals surface area contributed by atoms with Gasteiger partial charge in [-0.1, -0.05) is 35.9 Å². The average Bonchev–Trinajstić information content (AvgIpc) is 3.00. The summed E-state index contributed by atoms with van der Waals surface area (Å²) in [4.78, 5) is 18.3. The fourth-order valence-corrected chi connectivity index (χ4v) is 2.46. The number of carbonyl (C=O) groups excluding carboxylic acids is 1. The minimum Gasteiger partial charge on any atom is -0.467 e. The predicted octanol–water partition coefficient (Wildman–Crippen LogP) is 3.75. The van der Waals surface area contributed by atoms with Gasteiger partial charge in [0.2, 0.25) is 0 Å². The highest BCUT2D eigenvalue weighted by molar-refractivity contribution is 6.34. The number of hydrogen-bond donors (Lipinski definition) is 0. The Morgan fingerprint density at radius 3 is 2.71 bits per heavy atom. The molecule has 0 aliphatic carbocycles. The lowest BCUT2D eigenvalue weighted by atomic mass is 10.1. The molecule has 3 aromatic rings. The van der Waals surface area contributed by atoms with Crippen LogP contribution < -0.4 is 0 Å². The number of carbonyl (C=O) groups is 1. The van der Waals surface area contributed by atoms with Crippen molar-refractivity contribution in [2.24, 2.45) is 0 Å². The molecule has 106 valence electrons. The standard InChI is InChI=1S/C16H13ClN2O2/c1-19(10-11-5-4-8-21-11)16(20)14-9-18-15(17)13-7-3-2-6-12(13)14/h2-9H,10H2,1H3. The maximum Gasteiger partial charge on any atom is 0.256 e. The predicted molar refractivity (Wildman–Crippen MR) is 81.3 cm³/mol. The van der Waals surface area contributed by atoms with Crippen LogP contribution in [0, 0.1) is 0 Å². The van der Waals surface area contributed by atoms with Crippen molar-refractivity contribution in [2.75, 3.05) is 7.05 Å². The van der Waals surface area contributed by atoms with E-state index in [1.54, 1.807) is 24.3 Å². The van der Waals surface area contributed by atoms with Gasteiger partial charge >= 0.3 is 0 Å². The number of furan rings is 1. The highest BCUT2D eigenvalue weighted by atomic mass is 35.5. The highest BCUT2D eigenvalue weighted by Crippen LogP contribution is 2.25. The van der Waals surface area contributed by atoms with Crippen molar-refractivity contribution in [3.05, 3.63) is 65.3 Å². The molecule has 1 amide bonds. The minimum absolute atomic E-state index is 0.119. The molecule has 0 saturated carbocycles. The third-order valence-corrected chi connectivity index (χ3v) is 3.60. The number of nitrogens with zero attached hydrogens (tertiary/aromatic N) is 2. The van der Waals surface area contributed by atoms with Gasteiger partial charge < -0.3 is 9.32 Å². The van der Waals surface area contributed by atoms with Crippen molar-refractivity contribution in [1.82, 2.24) is 9.88 Å². The molecule has 0 saturated heterocycles. The first-order chi connectivity index (χ1) is 10.2. The second-order valence-corrected chi connectivity index (χ2v) is 5.11. The zero-order valence-corrected chi connectivity index (χ0v) is 12.2. The van der Waals surface area contributed by atoms with Crippen molar-refractivity contribution >= 4 is 28.3 Å². The van der Waals surface area contributed by atoms with E-state index in [1.165, 1.54) is 6.20 Å². The van der Waals surface area contributed by atoms with E-state index in [2.05, 4.69) is 4.98 Å². The Labute approximate surface area is 127 Å². The summed E-state index contributed by atoms with van der Waals surface area (Å²) in [5.41, 5.74) is 0.532. The summed E-state index contributed by atoms with van der Waals surface area (Å²) in [6, 6.07) is 11.1. The van der Waals surface area contributed by atoms with Gasteiger partial charge in [-0.15, -0.1) is 0 Å². The Balaban J connectivity index is 1.96. The second-order valence-electron chi connectivity index (χ2n) is 4.75. The quantitative estimate of drug-likeness (QED) is 0.692. The van der Waals surface area contributed by atoms with Crippen LogP contribution in [-0.2, 0) is 6.54 Å². The van der Waals surface area contributed by atoms with Gasteiger partial charge in [-0.25, -0.2) is 4.98 Å². The van der Waals surface area contributed by atoms with E-state index in [0.717, 1.165) is 16.5 Å². The molecule has 21 heavy (non-hydrogen) atoms. The van der Waals surface area contributed by atoms with Crippen molar-refractivity contribution in [1.29, 1.82) is 0 Å². The lowest BCUT2D eigenvalue weighted by Crippen LogP contribution is -2.26. The third kappa shape index (κ3) is 2.62. The maximum atomic E-state index is 12.6. The van der Waals surface area contributed by atoms with E-state index in [1.807, 2.05) is 30.3 Å². The molecular weight excluding hydrogens is 288 g/mol. The molecule has 0 unspecified atom stereocenters. The molecule has 3 rings (SSSR count). The molecule has 1 aromatic carbocycles. The third-order valence-electron chi connectivity index (χ3n) is 3.30. The lowest BCUT2D eigenvalue weighted by Gasteiger charge is -2.17. The van der Waals surface area contributed by atoms with Crippen LogP contribution in [0.15, 0.2) is 53.3 Å². The minimum atomic E-state index is -0.119.